The second-order valence-electron chi connectivity index (χ2n) is 6.96. The van der Waals surface area contributed by atoms with Crippen molar-refractivity contribution in [3.05, 3.63) is 96.8 Å². The number of aromatic nitrogens is 2. The molecule has 0 fully saturated rings. The Labute approximate surface area is 180 Å². The van der Waals surface area contributed by atoms with Gasteiger partial charge in [0.1, 0.15) is 17.4 Å². The lowest BCUT2D eigenvalue weighted by atomic mass is 10.1. The van der Waals surface area contributed by atoms with Crippen LogP contribution in [0.4, 0.5) is 10.2 Å². The quantitative estimate of drug-likeness (QED) is 0.435. The second-order valence-corrected chi connectivity index (χ2v) is 6.96. The van der Waals surface area contributed by atoms with Crippen LogP contribution in [0.3, 0.4) is 0 Å². The normalized spacial score (nSPS) is 11.7. The van der Waals surface area contributed by atoms with Crippen LogP contribution in [-0.4, -0.2) is 21.8 Å². The van der Waals surface area contributed by atoms with Crippen molar-refractivity contribution >= 4 is 11.7 Å². The SMILES string of the molecule is CC[C@@H](Oc1ccccc1)C(=O)Nc1cc(-c2ccccc2F)nn1-c1ccccc1. The number of para-hydroxylation sites is 2. The van der Waals surface area contributed by atoms with Crippen LogP contribution in [0.2, 0.25) is 0 Å². The van der Waals surface area contributed by atoms with Crippen molar-refractivity contribution in [2.24, 2.45) is 0 Å². The van der Waals surface area contributed by atoms with E-state index in [0.29, 0.717) is 29.2 Å². The molecule has 156 valence electrons. The van der Waals surface area contributed by atoms with E-state index in [2.05, 4.69) is 10.4 Å². The van der Waals surface area contributed by atoms with Gasteiger partial charge in [0.05, 0.1) is 11.4 Å². The molecule has 0 aliphatic carbocycles. The molecule has 0 aliphatic rings. The maximum absolute atomic E-state index is 14.3. The van der Waals surface area contributed by atoms with Crippen LogP contribution < -0.4 is 10.1 Å². The van der Waals surface area contributed by atoms with E-state index >= 15 is 0 Å². The molecule has 0 bridgehead atoms. The number of nitrogens with one attached hydrogen (secondary N) is 1. The number of halogens is 1. The average molecular weight is 415 g/mol. The first kappa shape index (κ1) is 20.3. The molecule has 6 heteroatoms. The largest absolute Gasteiger partial charge is 0.481 e. The van der Waals surface area contributed by atoms with Crippen molar-refractivity contribution in [3.8, 4) is 22.7 Å². The van der Waals surface area contributed by atoms with E-state index in [1.54, 1.807) is 41.1 Å². The number of ether oxygens (including phenoxy) is 1. The molecule has 0 spiro atoms. The molecule has 1 amide bonds. The maximum atomic E-state index is 14.3. The van der Waals surface area contributed by atoms with Gasteiger partial charge in [-0.25, -0.2) is 9.07 Å². The Morgan fingerprint density at radius 1 is 1.00 bits per heavy atom. The molecule has 4 rings (SSSR count). The first-order valence-electron chi connectivity index (χ1n) is 10.1. The number of rotatable bonds is 7. The van der Waals surface area contributed by atoms with Crippen LogP contribution in [0.1, 0.15) is 13.3 Å². The molecule has 4 aromatic rings. The summed E-state index contributed by atoms with van der Waals surface area (Å²) in [5.41, 5.74) is 1.53. The number of benzene rings is 3. The van der Waals surface area contributed by atoms with Gasteiger partial charge in [-0.3, -0.25) is 4.79 Å². The lowest BCUT2D eigenvalue weighted by Gasteiger charge is -2.17. The first-order valence-corrected chi connectivity index (χ1v) is 10.1. The van der Waals surface area contributed by atoms with Gasteiger partial charge in [0.2, 0.25) is 0 Å². The highest BCUT2D eigenvalue weighted by molar-refractivity contribution is 5.94. The number of hydrogen-bond donors (Lipinski definition) is 1. The fourth-order valence-corrected chi connectivity index (χ4v) is 3.23. The lowest BCUT2D eigenvalue weighted by Crippen LogP contribution is -2.33. The summed E-state index contributed by atoms with van der Waals surface area (Å²) in [6.07, 6.45) is -0.196. The molecule has 3 aromatic carbocycles. The summed E-state index contributed by atoms with van der Waals surface area (Å²) in [4.78, 5) is 13.0. The second kappa shape index (κ2) is 9.26. The van der Waals surface area contributed by atoms with Gasteiger partial charge in [0.25, 0.3) is 5.91 Å². The van der Waals surface area contributed by atoms with E-state index in [4.69, 9.17) is 4.74 Å². The maximum Gasteiger partial charge on any atom is 0.266 e. The Morgan fingerprint density at radius 2 is 1.65 bits per heavy atom. The van der Waals surface area contributed by atoms with Crippen molar-refractivity contribution in [1.82, 2.24) is 9.78 Å². The van der Waals surface area contributed by atoms with Crippen molar-refractivity contribution in [2.75, 3.05) is 5.32 Å². The van der Waals surface area contributed by atoms with E-state index in [1.807, 2.05) is 55.5 Å². The molecule has 0 saturated carbocycles. The third kappa shape index (κ3) is 4.64. The Bertz CT molecular complexity index is 1160. The Hall–Kier alpha value is -3.93. The standard InChI is InChI=1S/C25H22FN3O2/c1-2-23(31-19-13-7-4-8-14-19)25(30)27-24-17-22(20-15-9-10-16-21(20)26)28-29(24)18-11-5-3-6-12-18/h3-17,23H,2H2,1H3,(H,27,30)/t23-/m1/s1. The van der Waals surface area contributed by atoms with Crippen molar-refractivity contribution in [1.29, 1.82) is 0 Å². The van der Waals surface area contributed by atoms with E-state index < -0.39 is 6.10 Å². The fraction of sp³-hybridized carbons (Fsp3) is 0.120. The van der Waals surface area contributed by atoms with E-state index in [1.165, 1.54) is 6.07 Å². The van der Waals surface area contributed by atoms with Gasteiger partial charge in [-0.15, -0.1) is 0 Å². The van der Waals surface area contributed by atoms with Crippen molar-refractivity contribution in [3.63, 3.8) is 0 Å². The summed E-state index contributed by atoms with van der Waals surface area (Å²) in [7, 11) is 0. The molecule has 0 aliphatic heterocycles. The van der Waals surface area contributed by atoms with E-state index in [9.17, 15) is 9.18 Å². The van der Waals surface area contributed by atoms with Gasteiger partial charge >= 0.3 is 0 Å². The molecule has 1 heterocycles. The average Bonchev–Trinajstić information content (AvgIpc) is 3.22. The van der Waals surface area contributed by atoms with Crippen LogP contribution in [0.15, 0.2) is 91.0 Å². The highest BCUT2D eigenvalue weighted by atomic mass is 19.1. The highest BCUT2D eigenvalue weighted by Crippen LogP contribution is 2.27. The van der Waals surface area contributed by atoms with Gasteiger partial charge in [-0.2, -0.15) is 5.10 Å². The molecule has 1 N–H and O–H groups in total. The Balaban J connectivity index is 1.66. The number of carbonyl (C=O) groups excluding carboxylic acids is 1. The minimum absolute atomic E-state index is 0.302. The van der Waals surface area contributed by atoms with Crippen LogP contribution in [-0.2, 0) is 4.79 Å². The van der Waals surface area contributed by atoms with Crippen LogP contribution in [0, 0.1) is 5.82 Å². The third-order valence-electron chi connectivity index (χ3n) is 4.80. The predicted octanol–water partition coefficient (Wildman–Crippen LogP) is 5.47. The molecule has 31 heavy (non-hydrogen) atoms. The summed E-state index contributed by atoms with van der Waals surface area (Å²) in [5, 5.41) is 7.46. The molecule has 0 unspecified atom stereocenters. The van der Waals surface area contributed by atoms with E-state index in [-0.39, 0.29) is 11.7 Å². The van der Waals surface area contributed by atoms with Gasteiger partial charge in [0.15, 0.2) is 6.10 Å². The molecule has 5 nitrogen and oxygen atoms in total. The fourth-order valence-electron chi connectivity index (χ4n) is 3.23. The Kier molecular flexibility index (Phi) is 6.08. The molecular formula is C25H22FN3O2. The van der Waals surface area contributed by atoms with Gasteiger partial charge < -0.3 is 10.1 Å². The number of anilines is 1. The van der Waals surface area contributed by atoms with Crippen LogP contribution in [0.5, 0.6) is 5.75 Å². The van der Waals surface area contributed by atoms with Crippen LogP contribution in [0.25, 0.3) is 16.9 Å². The number of amides is 1. The minimum atomic E-state index is -0.682. The summed E-state index contributed by atoms with van der Waals surface area (Å²) in [6, 6.07) is 26.7. The predicted molar refractivity (Wildman–Crippen MR) is 119 cm³/mol. The first-order chi connectivity index (χ1) is 15.2. The van der Waals surface area contributed by atoms with Gasteiger partial charge in [0, 0.05) is 11.6 Å². The lowest BCUT2D eigenvalue weighted by molar-refractivity contribution is -0.122. The summed E-state index contributed by atoms with van der Waals surface area (Å²) >= 11 is 0. The number of hydrogen-bond acceptors (Lipinski definition) is 3. The molecule has 0 radical (unpaired) electrons. The van der Waals surface area contributed by atoms with Crippen molar-refractivity contribution in [2.45, 2.75) is 19.4 Å². The molecular weight excluding hydrogens is 393 g/mol. The molecule has 1 aromatic heterocycles. The summed E-state index contributed by atoms with van der Waals surface area (Å²) in [6.45, 7) is 1.88. The highest BCUT2D eigenvalue weighted by Gasteiger charge is 2.22. The smallest absolute Gasteiger partial charge is 0.266 e. The molecule has 1 atom stereocenters. The van der Waals surface area contributed by atoms with Gasteiger partial charge in [-0.1, -0.05) is 55.5 Å². The number of carbonyl (C=O) groups is 1. The minimum Gasteiger partial charge on any atom is -0.481 e. The van der Waals surface area contributed by atoms with E-state index in [0.717, 1.165) is 5.69 Å². The summed E-state index contributed by atoms with van der Waals surface area (Å²) in [5.74, 6) is 0.373. The van der Waals surface area contributed by atoms with Crippen molar-refractivity contribution < 1.29 is 13.9 Å². The summed E-state index contributed by atoms with van der Waals surface area (Å²) < 4.78 is 21.8. The zero-order valence-electron chi connectivity index (χ0n) is 17.0. The van der Waals surface area contributed by atoms with Crippen LogP contribution >= 0.6 is 0 Å². The zero-order valence-corrected chi connectivity index (χ0v) is 17.0. The monoisotopic (exact) mass is 415 g/mol. The topological polar surface area (TPSA) is 56.1 Å². The molecule has 0 saturated heterocycles. The third-order valence-corrected chi connectivity index (χ3v) is 4.80. The Morgan fingerprint density at radius 3 is 2.32 bits per heavy atom. The van der Waals surface area contributed by atoms with Gasteiger partial charge in [-0.05, 0) is 42.8 Å². The number of nitrogens with zero attached hydrogens (tertiary/aromatic N) is 2. The zero-order chi connectivity index (χ0) is 21.6.